The number of rotatable bonds is 3. The van der Waals surface area contributed by atoms with E-state index in [-0.39, 0.29) is 18.6 Å². The number of aliphatic carboxylic acids is 1. The summed E-state index contributed by atoms with van der Waals surface area (Å²) in [6.45, 7) is 3.39. The van der Waals surface area contributed by atoms with Gasteiger partial charge in [0.25, 0.3) is 0 Å². The molecule has 0 radical (unpaired) electrons. The summed E-state index contributed by atoms with van der Waals surface area (Å²) in [5.74, 6) is -1.15. The fraction of sp³-hybridized carbons (Fsp3) is 0.286. The second kappa shape index (κ2) is 4.76. The molecule has 0 fully saturated rings. The number of carboxylic acids is 1. The van der Waals surface area contributed by atoms with Crippen molar-refractivity contribution < 1.29 is 19.4 Å². The Morgan fingerprint density at radius 2 is 2.00 bits per heavy atom. The van der Waals surface area contributed by atoms with E-state index in [9.17, 15) is 19.8 Å². The molecule has 2 aromatic rings. The van der Waals surface area contributed by atoms with Gasteiger partial charge in [-0.25, -0.2) is 4.79 Å². The van der Waals surface area contributed by atoms with Crippen LogP contribution in [0.2, 0.25) is 0 Å². The Balaban J connectivity index is 2.66. The molecule has 0 amide bonds. The van der Waals surface area contributed by atoms with Crippen LogP contribution in [0.1, 0.15) is 23.1 Å². The molecule has 0 atom stereocenters. The predicted molar refractivity (Wildman–Crippen MR) is 67.0 cm³/mol. The normalized spacial score (nSPS) is 10.8. The van der Waals surface area contributed by atoms with Gasteiger partial charge in [0.2, 0.25) is 0 Å². The molecule has 0 unspecified atom stereocenters. The first-order valence-electron chi connectivity index (χ1n) is 5.86. The molecule has 5 nitrogen and oxygen atoms in total. The molecule has 0 bridgehead atoms. The van der Waals surface area contributed by atoms with Gasteiger partial charge in [-0.15, -0.1) is 0 Å². The lowest BCUT2D eigenvalue weighted by Gasteiger charge is -2.10. The highest BCUT2D eigenvalue weighted by molar-refractivity contribution is 5.85. The number of carbonyl (C=O) groups excluding carboxylic acids is 1. The Kier molecular flexibility index (Phi) is 3.29. The van der Waals surface area contributed by atoms with Crippen LogP contribution in [0.15, 0.2) is 21.3 Å². The van der Waals surface area contributed by atoms with Crippen LogP contribution in [-0.2, 0) is 11.2 Å². The Morgan fingerprint density at radius 1 is 1.32 bits per heavy atom. The average Bonchev–Trinajstić information content (AvgIpc) is 2.34. The second-order valence-corrected chi connectivity index (χ2v) is 4.45. The standard InChI is InChI=1S/C14H14O5/c1-7-9-3-5-11(15)8(2)13(9)19-14(18)10(7)4-6-12(16)17/h3,5,15H,4,6H2,1-2H3,(H,16,17)/p-1. The highest BCUT2D eigenvalue weighted by Crippen LogP contribution is 2.28. The van der Waals surface area contributed by atoms with Crippen molar-refractivity contribution in [3.05, 3.63) is 39.2 Å². The van der Waals surface area contributed by atoms with Crippen molar-refractivity contribution in [1.29, 1.82) is 0 Å². The molecule has 0 saturated carbocycles. The van der Waals surface area contributed by atoms with E-state index in [0.717, 1.165) is 0 Å². The zero-order chi connectivity index (χ0) is 14.2. The molecule has 1 aromatic carbocycles. The summed E-state index contributed by atoms with van der Waals surface area (Å²) >= 11 is 0. The number of fused-ring (bicyclic) bond motifs is 1. The molecule has 0 aliphatic rings. The number of phenolic OH excluding ortho intramolecular Hbond substituents is 1. The Hall–Kier alpha value is -2.30. The minimum absolute atomic E-state index is 0.0533. The Labute approximate surface area is 109 Å². The van der Waals surface area contributed by atoms with E-state index in [1.165, 1.54) is 6.07 Å². The van der Waals surface area contributed by atoms with Crippen LogP contribution in [0, 0.1) is 13.8 Å². The van der Waals surface area contributed by atoms with Gasteiger partial charge in [0.05, 0.1) is 0 Å². The average molecular weight is 261 g/mol. The van der Waals surface area contributed by atoms with Crippen molar-refractivity contribution in [3.8, 4) is 5.75 Å². The molecule has 5 heteroatoms. The summed E-state index contributed by atoms with van der Waals surface area (Å²) < 4.78 is 5.19. The largest absolute Gasteiger partial charge is 0.550 e. The number of aromatic hydroxyl groups is 1. The summed E-state index contributed by atoms with van der Waals surface area (Å²) in [6, 6.07) is 3.17. The van der Waals surface area contributed by atoms with E-state index in [1.807, 2.05) is 0 Å². The number of carboxylic acid groups (broad SMARTS) is 1. The summed E-state index contributed by atoms with van der Waals surface area (Å²) in [5, 5.41) is 20.8. The van der Waals surface area contributed by atoms with Crippen LogP contribution in [0.3, 0.4) is 0 Å². The van der Waals surface area contributed by atoms with Crippen molar-refractivity contribution in [1.82, 2.24) is 0 Å². The topological polar surface area (TPSA) is 90.6 Å². The number of carbonyl (C=O) groups is 1. The molecule has 1 N–H and O–H groups in total. The molecule has 0 spiro atoms. The van der Waals surface area contributed by atoms with Gasteiger partial charge < -0.3 is 19.4 Å². The van der Waals surface area contributed by atoms with Gasteiger partial charge in [0.15, 0.2) is 0 Å². The van der Waals surface area contributed by atoms with Gasteiger partial charge >= 0.3 is 5.63 Å². The smallest absolute Gasteiger partial charge is 0.339 e. The third kappa shape index (κ3) is 2.31. The molecular weight excluding hydrogens is 248 g/mol. The molecule has 100 valence electrons. The van der Waals surface area contributed by atoms with Gasteiger partial charge in [-0.2, -0.15) is 0 Å². The Bertz CT molecular complexity index is 712. The molecular formula is C14H13O5-. The predicted octanol–water partition coefficient (Wildman–Crippen LogP) is 0.798. The molecule has 19 heavy (non-hydrogen) atoms. The van der Waals surface area contributed by atoms with Crippen molar-refractivity contribution in [2.24, 2.45) is 0 Å². The lowest BCUT2D eigenvalue weighted by molar-refractivity contribution is -0.305. The Morgan fingerprint density at radius 3 is 2.63 bits per heavy atom. The maximum Gasteiger partial charge on any atom is 0.339 e. The van der Waals surface area contributed by atoms with Crippen LogP contribution >= 0.6 is 0 Å². The van der Waals surface area contributed by atoms with Gasteiger partial charge in [-0.1, -0.05) is 0 Å². The molecule has 1 heterocycles. The van der Waals surface area contributed by atoms with Crippen molar-refractivity contribution in [2.45, 2.75) is 26.7 Å². The van der Waals surface area contributed by atoms with Gasteiger partial charge in [0.1, 0.15) is 11.3 Å². The van der Waals surface area contributed by atoms with Crippen molar-refractivity contribution in [2.75, 3.05) is 0 Å². The first-order valence-corrected chi connectivity index (χ1v) is 5.86. The minimum atomic E-state index is -1.21. The number of benzene rings is 1. The first kappa shape index (κ1) is 13.1. The zero-order valence-corrected chi connectivity index (χ0v) is 10.6. The quantitative estimate of drug-likeness (QED) is 0.825. The maximum absolute atomic E-state index is 11.9. The SMILES string of the molecule is Cc1c(CCC(=O)[O-])c(=O)oc2c(C)c(O)ccc12. The van der Waals surface area contributed by atoms with Crippen LogP contribution in [0.4, 0.5) is 0 Å². The van der Waals surface area contributed by atoms with Gasteiger partial charge in [-0.3, -0.25) is 0 Å². The summed E-state index contributed by atoms with van der Waals surface area (Å²) in [4.78, 5) is 22.3. The van der Waals surface area contributed by atoms with Crippen molar-refractivity contribution in [3.63, 3.8) is 0 Å². The monoisotopic (exact) mass is 261 g/mol. The van der Waals surface area contributed by atoms with E-state index in [1.54, 1.807) is 19.9 Å². The van der Waals surface area contributed by atoms with Gasteiger partial charge in [-0.05, 0) is 44.4 Å². The molecule has 2 rings (SSSR count). The zero-order valence-electron chi connectivity index (χ0n) is 10.6. The third-order valence-corrected chi connectivity index (χ3v) is 3.25. The van der Waals surface area contributed by atoms with Gasteiger partial charge in [0, 0.05) is 22.5 Å². The van der Waals surface area contributed by atoms with Crippen LogP contribution < -0.4 is 10.7 Å². The molecule has 1 aromatic heterocycles. The number of hydrogen-bond donors (Lipinski definition) is 1. The fourth-order valence-electron chi connectivity index (χ4n) is 2.09. The first-order chi connectivity index (χ1) is 8.91. The van der Waals surface area contributed by atoms with E-state index < -0.39 is 11.6 Å². The van der Waals surface area contributed by atoms with Crippen LogP contribution in [0.25, 0.3) is 11.0 Å². The molecule has 0 aliphatic carbocycles. The maximum atomic E-state index is 11.9. The number of aryl methyl sites for hydroxylation is 2. The highest BCUT2D eigenvalue weighted by Gasteiger charge is 2.14. The lowest BCUT2D eigenvalue weighted by atomic mass is 10.0. The summed E-state index contributed by atoms with van der Waals surface area (Å²) in [5.41, 5.74) is 1.26. The second-order valence-electron chi connectivity index (χ2n) is 4.45. The van der Waals surface area contributed by atoms with Crippen LogP contribution in [0.5, 0.6) is 5.75 Å². The number of phenols is 1. The molecule has 0 aliphatic heterocycles. The fourth-order valence-corrected chi connectivity index (χ4v) is 2.09. The molecule has 0 saturated heterocycles. The van der Waals surface area contributed by atoms with E-state index in [0.29, 0.717) is 27.7 Å². The lowest BCUT2D eigenvalue weighted by Crippen LogP contribution is -2.24. The minimum Gasteiger partial charge on any atom is -0.550 e. The third-order valence-electron chi connectivity index (χ3n) is 3.25. The van der Waals surface area contributed by atoms with E-state index in [2.05, 4.69) is 0 Å². The summed E-state index contributed by atoms with van der Waals surface area (Å²) in [7, 11) is 0. The van der Waals surface area contributed by atoms with E-state index >= 15 is 0 Å². The number of hydrogen-bond acceptors (Lipinski definition) is 5. The summed E-state index contributed by atoms with van der Waals surface area (Å²) in [6.07, 6.45) is -0.152. The van der Waals surface area contributed by atoms with Crippen LogP contribution in [-0.4, -0.2) is 11.1 Å². The highest BCUT2D eigenvalue weighted by atomic mass is 16.4. The van der Waals surface area contributed by atoms with Crippen molar-refractivity contribution >= 4 is 16.9 Å². The van der Waals surface area contributed by atoms with E-state index in [4.69, 9.17) is 4.42 Å².